The Kier molecular flexibility index (Phi) is 10.0. The molecule has 5 atom stereocenters. The molecule has 1 fully saturated rings. The Hall–Kier alpha value is -4.15. The van der Waals surface area contributed by atoms with E-state index in [0.29, 0.717) is 17.1 Å². The van der Waals surface area contributed by atoms with Gasteiger partial charge in [-0.15, -0.1) is 0 Å². The third kappa shape index (κ3) is 7.92. The molecule has 1 aliphatic heterocycles. The Bertz CT molecular complexity index is 1150. The maximum Gasteiger partial charge on any atom is 0.331 e. The third-order valence-corrected chi connectivity index (χ3v) is 5.61. The summed E-state index contributed by atoms with van der Waals surface area (Å²) in [6, 6.07) is 13.9. The van der Waals surface area contributed by atoms with E-state index in [1.807, 2.05) is 0 Å². The Morgan fingerprint density at radius 3 is 1.61 bits per heavy atom. The van der Waals surface area contributed by atoms with Crippen LogP contribution in [-0.2, 0) is 33.3 Å². The van der Waals surface area contributed by atoms with E-state index in [1.165, 1.54) is 31.2 Å². The van der Waals surface area contributed by atoms with Crippen molar-refractivity contribution in [2.45, 2.75) is 44.6 Å². The summed E-state index contributed by atoms with van der Waals surface area (Å²) in [4.78, 5) is 37.0. The number of carbonyl (C=O) groups excluding carboxylic acids is 3. The van der Waals surface area contributed by atoms with Gasteiger partial charge in [-0.25, -0.2) is 9.59 Å². The highest BCUT2D eigenvalue weighted by Crippen LogP contribution is 2.28. The van der Waals surface area contributed by atoms with Crippen LogP contribution in [-0.4, -0.2) is 67.9 Å². The Balaban J connectivity index is 1.76. The predicted molar refractivity (Wildman–Crippen MR) is 136 cm³/mol. The first kappa shape index (κ1) is 28.4. The number of ether oxygens (including phenoxy) is 6. The first-order chi connectivity index (χ1) is 18.2. The molecular formula is C28H30O10. The van der Waals surface area contributed by atoms with Gasteiger partial charge in [-0.2, -0.15) is 0 Å². The molecule has 1 heterocycles. The van der Waals surface area contributed by atoms with Crippen LogP contribution in [0.15, 0.2) is 60.7 Å². The summed E-state index contributed by atoms with van der Waals surface area (Å²) in [7, 11) is 3.09. The Morgan fingerprint density at radius 1 is 0.737 bits per heavy atom. The number of methoxy groups -OCH3 is 2. The van der Waals surface area contributed by atoms with Crippen LogP contribution in [0.1, 0.15) is 25.0 Å². The zero-order valence-corrected chi connectivity index (χ0v) is 21.4. The third-order valence-electron chi connectivity index (χ3n) is 5.61. The number of aliphatic hydroxyl groups excluding tert-OH is 1. The monoisotopic (exact) mass is 526 g/mol. The summed E-state index contributed by atoms with van der Waals surface area (Å²) in [6.07, 6.45) is -1.04. The second-order valence-corrected chi connectivity index (χ2v) is 8.32. The highest BCUT2D eigenvalue weighted by atomic mass is 16.7. The molecule has 0 aliphatic carbocycles. The minimum absolute atomic E-state index is 0.657. The summed E-state index contributed by atoms with van der Waals surface area (Å²) in [5.41, 5.74) is 1.42. The predicted octanol–water partition coefficient (Wildman–Crippen LogP) is 2.92. The number of benzene rings is 2. The number of carbonyl (C=O) groups is 3. The fraction of sp³-hybridized carbons (Fsp3) is 0.321. The zero-order valence-electron chi connectivity index (χ0n) is 21.4. The molecule has 2 aromatic carbocycles. The normalized spacial score (nSPS) is 23.1. The molecule has 1 saturated heterocycles. The lowest BCUT2D eigenvalue weighted by Gasteiger charge is -2.41. The topological polar surface area (TPSA) is 127 Å². The Labute approximate surface area is 220 Å². The molecule has 38 heavy (non-hydrogen) atoms. The van der Waals surface area contributed by atoms with Gasteiger partial charge in [-0.3, -0.25) is 4.79 Å². The summed E-state index contributed by atoms with van der Waals surface area (Å²) < 4.78 is 31.9. The van der Waals surface area contributed by atoms with Gasteiger partial charge in [0.15, 0.2) is 24.6 Å². The van der Waals surface area contributed by atoms with Crippen LogP contribution in [0.3, 0.4) is 0 Å². The van der Waals surface area contributed by atoms with Crippen LogP contribution < -0.4 is 9.47 Å². The average molecular weight is 527 g/mol. The van der Waals surface area contributed by atoms with E-state index in [2.05, 4.69) is 0 Å². The molecule has 0 radical (unpaired) electrons. The molecule has 1 aliphatic rings. The van der Waals surface area contributed by atoms with Gasteiger partial charge in [0.25, 0.3) is 0 Å². The second-order valence-electron chi connectivity index (χ2n) is 8.32. The van der Waals surface area contributed by atoms with E-state index < -0.39 is 48.6 Å². The van der Waals surface area contributed by atoms with Gasteiger partial charge in [0.1, 0.15) is 11.5 Å². The number of hydrogen-bond donors (Lipinski definition) is 1. The highest BCUT2D eigenvalue weighted by Gasteiger charge is 2.50. The van der Waals surface area contributed by atoms with Gasteiger partial charge in [0, 0.05) is 19.1 Å². The van der Waals surface area contributed by atoms with Crippen LogP contribution >= 0.6 is 0 Å². The van der Waals surface area contributed by atoms with Gasteiger partial charge in [-0.05, 0) is 54.5 Å². The van der Waals surface area contributed by atoms with Crippen molar-refractivity contribution in [3.63, 3.8) is 0 Å². The molecule has 10 heteroatoms. The van der Waals surface area contributed by atoms with Gasteiger partial charge in [0.05, 0.1) is 20.3 Å². The minimum atomic E-state index is -1.61. The summed E-state index contributed by atoms with van der Waals surface area (Å²) >= 11 is 0. The Morgan fingerprint density at radius 2 is 1.18 bits per heavy atom. The van der Waals surface area contributed by atoms with E-state index in [1.54, 1.807) is 62.8 Å². The maximum atomic E-state index is 12.7. The fourth-order valence-electron chi connectivity index (χ4n) is 3.71. The van der Waals surface area contributed by atoms with Gasteiger partial charge in [-0.1, -0.05) is 24.3 Å². The molecule has 3 rings (SSSR count). The van der Waals surface area contributed by atoms with Crippen molar-refractivity contribution in [3.8, 4) is 11.5 Å². The van der Waals surface area contributed by atoms with Crippen molar-refractivity contribution in [1.29, 1.82) is 0 Å². The van der Waals surface area contributed by atoms with E-state index in [4.69, 9.17) is 28.4 Å². The summed E-state index contributed by atoms with van der Waals surface area (Å²) in [6.45, 7) is 2.66. The van der Waals surface area contributed by atoms with E-state index >= 15 is 0 Å². The average Bonchev–Trinajstić information content (AvgIpc) is 2.91. The molecule has 0 unspecified atom stereocenters. The standard InChI is InChI=1S/C28H30O10/c1-17-25(37-23(30)15-9-19-5-11-21(33-3)12-6-19)26(27(28(32)35-17)36-18(2)29)38-24(31)16-10-20-7-13-22(34-4)14-8-20/h5-17,25-28,32H,1-4H3/b15-9+,16-10+/t17-,25-,26+,27+,28+/m0/s1. The number of hydrogen-bond acceptors (Lipinski definition) is 10. The molecule has 10 nitrogen and oxygen atoms in total. The summed E-state index contributed by atoms with van der Waals surface area (Å²) in [5, 5.41) is 10.4. The molecule has 0 spiro atoms. The molecule has 0 bridgehead atoms. The highest BCUT2D eigenvalue weighted by molar-refractivity contribution is 5.88. The lowest BCUT2D eigenvalue weighted by molar-refractivity contribution is -0.287. The van der Waals surface area contributed by atoms with Crippen molar-refractivity contribution < 1.29 is 47.9 Å². The van der Waals surface area contributed by atoms with Crippen molar-refractivity contribution in [1.82, 2.24) is 0 Å². The molecular weight excluding hydrogens is 496 g/mol. The fourth-order valence-corrected chi connectivity index (χ4v) is 3.71. The number of esters is 3. The second kappa shape index (κ2) is 13.4. The lowest BCUT2D eigenvalue weighted by Crippen LogP contribution is -2.60. The van der Waals surface area contributed by atoms with Crippen LogP contribution in [0.2, 0.25) is 0 Å². The van der Waals surface area contributed by atoms with Crippen molar-refractivity contribution >= 4 is 30.1 Å². The number of rotatable bonds is 9. The first-order valence-electron chi connectivity index (χ1n) is 11.8. The van der Waals surface area contributed by atoms with Crippen LogP contribution in [0.4, 0.5) is 0 Å². The number of aliphatic hydroxyl groups is 1. The van der Waals surface area contributed by atoms with Gasteiger partial charge < -0.3 is 33.5 Å². The van der Waals surface area contributed by atoms with Crippen LogP contribution in [0.25, 0.3) is 12.2 Å². The van der Waals surface area contributed by atoms with Crippen LogP contribution in [0, 0.1) is 0 Å². The molecule has 202 valence electrons. The maximum absolute atomic E-state index is 12.7. The zero-order chi connectivity index (χ0) is 27.7. The minimum Gasteiger partial charge on any atom is -0.497 e. The van der Waals surface area contributed by atoms with E-state index in [0.717, 1.165) is 12.5 Å². The van der Waals surface area contributed by atoms with E-state index in [-0.39, 0.29) is 0 Å². The first-order valence-corrected chi connectivity index (χ1v) is 11.8. The molecule has 2 aromatic rings. The molecule has 1 N–H and O–H groups in total. The largest absolute Gasteiger partial charge is 0.497 e. The van der Waals surface area contributed by atoms with Gasteiger partial charge in [0.2, 0.25) is 0 Å². The molecule has 0 aromatic heterocycles. The molecule has 0 amide bonds. The van der Waals surface area contributed by atoms with Gasteiger partial charge >= 0.3 is 17.9 Å². The lowest BCUT2D eigenvalue weighted by atomic mass is 9.99. The quantitative estimate of drug-likeness (QED) is 0.296. The van der Waals surface area contributed by atoms with Crippen molar-refractivity contribution in [3.05, 3.63) is 71.8 Å². The van der Waals surface area contributed by atoms with Crippen LogP contribution in [0.5, 0.6) is 11.5 Å². The smallest absolute Gasteiger partial charge is 0.331 e. The SMILES string of the molecule is COc1ccc(/C=C/C(=O)O[C@@H]2[C@@H](OC(=O)/C=C/c3ccc(OC)cc3)[C@H](C)O[C@@H](O)[C@@H]2OC(C)=O)cc1. The van der Waals surface area contributed by atoms with Crippen molar-refractivity contribution in [2.75, 3.05) is 14.2 Å². The molecule has 0 saturated carbocycles. The van der Waals surface area contributed by atoms with Crippen molar-refractivity contribution in [2.24, 2.45) is 0 Å². The van der Waals surface area contributed by atoms with E-state index in [9.17, 15) is 19.5 Å². The summed E-state index contributed by atoms with van der Waals surface area (Å²) in [5.74, 6) is -0.983.